The highest BCUT2D eigenvalue weighted by atomic mass is 31.2. The molecule has 0 saturated carbocycles. The van der Waals surface area contributed by atoms with Crippen molar-refractivity contribution in [2.24, 2.45) is 0 Å². The van der Waals surface area contributed by atoms with Crippen molar-refractivity contribution in [3.63, 3.8) is 0 Å². The van der Waals surface area contributed by atoms with Gasteiger partial charge in [0.1, 0.15) is 13.2 Å². The lowest BCUT2D eigenvalue weighted by Gasteiger charge is -2.29. The van der Waals surface area contributed by atoms with Crippen molar-refractivity contribution in [1.29, 1.82) is 0 Å². The number of carbonyl (C=O) groups excluding carboxylic acids is 1. The highest BCUT2D eigenvalue weighted by Gasteiger charge is 2.23. The molecule has 3 unspecified atom stereocenters. The third-order valence-corrected chi connectivity index (χ3v) is 12.7. The molecule has 0 aliphatic rings. The van der Waals surface area contributed by atoms with Crippen LogP contribution in [0.5, 0.6) is 0 Å². The molecule has 0 saturated heterocycles. The van der Waals surface area contributed by atoms with Gasteiger partial charge >= 0.3 is 0 Å². The molecule has 0 bridgehead atoms. The van der Waals surface area contributed by atoms with Crippen molar-refractivity contribution in [2.45, 2.75) is 244 Å². The lowest BCUT2D eigenvalue weighted by atomic mass is 10.0. The van der Waals surface area contributed by atoms with Crippen molar-refractivity contribution < 1.29 is 32.9 Å². The molecule has 0 radical (unpaired) electrons. The highest BCUT2D eigenvalue weighted by Crippen LogP contribution is 2.38. The molecule has 1 amide bonds. The van der Waals surface area contributed by atoms with E-state index < -0.39 is 26.6 Å². The molecular weight excluding hydrogens is 816 g/mol. The molecule has 64 heavy (non-hydrogen) atoms. The van der Waals surface area contributed by atoms with Crippen LogP contribution in [0.2, 0.25) is 0 Å². The molecule has 0 fully saturated rings. The fourth-order valence-corrected chi connectivity index (χ4v) is 8.19. The quantitative estimate of drug-likeness (QED) is 0.0207. The number of phosphoric ester groups is 1. The summed E-state index contributed by atoms with van der Waals surface area (Å²) in [6, 6.07) is -0.914. The Morgan fingerprint density at radius 2 is 0.922 bits per heavy atom. The van der Waals surface area contributed by atoms with E-state index in [0.717, 1.165) is 51.4 Å². The zero-order valence-corrected chi connectivity index (χ0v) is 43.4. The van der Waals surface area contributed by atoms with E-state index in [1.165, 1.54) is 161 Å². The number of likely N-dealkylation sites (N-methyl/N-ethyl adjacent to an activating group) is 1. The lowest BCUT2D eigenvalue weighted by molar-refractivity contribution is -0.870. The number of hydrogen-bond acceptors (Lipinski definition) is 6. The Bertz CT molecular complexity index is 1230. The topological polar surface area (TPSA) is 108 Å². The number of carbonyl (C=O) groups is 1. The largest absolute Gasteiger partial charge is 0.756 e. The zero-order chi connectivity index (χ0) is 47.1. The molecule has 0 aromatic carbocycles. The van der Waals surface area contributed by atoms with Crippen LogP contribution in [0.3, 0.4) is 0 Å². The van der Waals surface area contributed by atoms with Gasteiger partial charge in [-0.1, -0.05) is 216 Å². The fraction of sp³-hybridized carbons (Fsp3) is 0.800. The maximum absolute atomic E-state index is 12.9. The van der Waals surface area contributed by atoms with E-state index in [2.05, 4.69) is 67.8 Å². The van der Waals surface area contributed by atoms with Crippen LogP contribution in [0.1, 0.15) is 232 Å². The van der Waals surface area contributed by atoms with Gasteiger partial charge in [0.05, 0.1) is 39.9 Å². The Labute approximate surface area is 396 Å². The Morgan fingerprint density at radius 3 is 1.39 bits per heavy atom. The molecule has 8 nitrogen and oxygen atoms in total. The number of amides is 1. The summed E-state index contributed by atoms with van der Waals surface area (Å²) in [7, 11) is 1.23. The number of nitrogens with one attached hydrogen (secondary N) is 1. The number of rotatable bonds is 48. The second-order valence-electron chi connectivity index (χ2n) is 19.2. The van der Waals surface area contributed by atoms with Gasteiger partial charge in [-0.2, -0.15) is 0 Å². The molecular formula is C55H103N2O6P. The van der Waals surface area contributed by atoms with Crippen LogP contribution in [0.15, 0.2) is 60.8 Å². The number of quaternary nitrogens is 1. The SMILES string of the molecule is CCCCC/C=C\C=C/CCCCCCCCCCCCC(=O)NC(COP(=O)([O-])OCC[N+](C)(C)C)C(O)/C=C/CC/C=C/CC/C=C/CCCCCCCCCCCCCCC. The number of aliphatic hydroxyl groups excluding tert-OH is 1. The molecule has 0 aliphatic heterocycles. The van der Waals surface area contributed by atoms with Crippen molar-refractivity contribution >= 4 is 13.7 Å². The van der Waals surface area contributed by atoms with E-state index >= 15 is 0 Å². The Balaban J connectivity index is 4.37. The maximum Gasteiger partial charge on any atom is 0.268 e. The van der Waals surface area contributed by atoms with Gasteiger partial charge < -0.3 is 28.8 Å². The average molecular weight is 919 g/mol. The molecule has 374 valence electrons. The standard InChI is InChI=1S/C55H103N2O6P/c1-6-8-10-12-14-16-18-20-22-24-26-27-28-29-31-32-34-36-38-40-42-44-46-48-54(58)53(52-63-64(60,61)62-51-50-57(3,4)5)56-55(59)49-47-45-43-41-39-37-35-33-30-25-23-21-19-17-15-13-11-9-7-2/h15,17,19,21,31-32,38,40,46,48,53-54,58H,6-14,16,18,20,22-30,33-37,39,41-45,47,49-52H2,1-5H3,(H-,56,59,60,61)/b17-15-,21-19-,32-31+,40-38+,48-46+. The van der Waals surface area contributed by atoms with Gasteiger partial charge in [0.15, 0.2) is 0 Å². The number of hydrogen-bond donors (Lipinski definition) is 2. The minimum absolute atomic E-state index is 0.0114. The smallest absolute Gasteiger partial charge is 0.268 e. The molecule has 0 aromatic heterocycles. The van der Waals surface area contributed by atoms with Crippen LogP contribution in [0, 0.1) is 0 Å². The van der Waals surface area contributed by atoms with Crippen LogP contribution < -0.4 is 10.2 Å². The van der Waals surface area contributed by atoms with Gasteiger partial charge in [-0.25, -0.2) is 0 Å². The summed E-state index contributed by atoms with van der Waals surface area (Å²) in [6.45, 7) is 4.60. The van der Waals surface area contributed by atoms with Gasteiger partial charge in [0.2, 0.25) is 5.91 Å². The molecule has 0 aromatic rings. The van der Waals surface area contributed by atoms with Crippen LogP contribution in [0.25, 0.3) is 0 Å². The van der Waals surface area contributed by atoms with Crippen molar-refractivity contribution in [3.05, 3.63) is 60.8 Å². The molecule has 0 spiro atoms. The van der Waals surface area contributed by atoms with Crippen LogP contribution >= 0.6 is 7.82 Å². The summed E-state index contributed by atoms with van der Waals surface area (Å²) in [5.74, 6) is -0.216. The monoisotopic (exact) mass is 919 g/mol. The average Bonchev–Trinajstić information content (AvgIpc) is 3.25. The molecule has 3 atom stereocenters. The summed E-state index contributed by atoms with van der Waals surface area (Å²) in [5.41, 5.74) is 0. The number of allylic oxidation sites excluding steroid dienone is 9. The predicted molar refractivity (Wildman–Crippen MR) is 274 cm³/mol. The molecule has 0 heterocycles. The predicted octanol–water partition coefficient (Wildman–Crippen LogP) is 15.1. The minimum Gasteiger partial charge on any atom is -0.756 e. The first-order chi connectivity index (χ1) is 31.0. The van der Waals surface area contributed by atoms with E-state index in [1.54, 1.807) is 6.08 Å². The summed E-state index contributed by atoms with van der Waals surface area (Å²) in [4.78, 5) is 25.4. The van der Waals surface area contributed by atoms with Gasteiger partial charge in [-0.15, -0.1) is 0 Å². The van der Waals surface area contributed by atoms with Crippen LogP contribution in [-0.2, 0) is 18.4 Å². The second kappa shape index (κ2) is 46.3. The van der Waals surface area contributed by atoms with E-state index in [0.29, 0.717) is 17.4 Å². The van der Waals surface area contributed by atoms with E-state index in [9.17, 15) is 19.4 Å². The summed E-state index contributed by atoms with van der Waals surface area (Å²) >= 11 is 0. The van der Waals surface area contributed by atoms with E-state index in [1.807, 2.05) is 27.2 Å². The van der Waals surface area contributed by atoms with Crippen LogP contribution in [-0.4, -0.2) is 68.5 Å². The maximum atomic E-state index is 12.9. The normalized spacial score (nSPS) is 14.5. The number of phosphoric acid groups is 1. The van der Waals surface area contributed by atoms with Gasteiger partial charge in [-0.3, -0.25) is 9.36 Å². The summed E-state index contributed by atoms with van der Waals surface area (Å²) in [5, 5.41) is 13.8. The van der Waals surface area contributed by atoms with Gasteiger partial charge in [0, 0.05) is 6.42 Å². The Kier molecular flexibility index (Phi) is 45.0. The summed E-state index contributed by atoms with van der Waals surface area (Å²) in [6.07, 6.45) is 61.4. The third-order valence-electron chi connectivity index (χ3n) is 11.7. The molecule has 2 N–H and O–H groups in total. The van der Waals surface area contributed by atoms with E-state index in [-0.39, 0.29) is 12.5 Å². The second-order valence-corrected chi connectivity index (χ2v) is 20.6. The number of nitrogens with zero attached hydrogens (tertiary/aromatic N) is 1. The van der Waals surface area contributed by atoms with Crippen molar-refractivity contribution in [1.82, 2.24) is 5.32 Å². The minimum atomic E-state index is -4.61. The Hall–Kier alpha value is -1.80. The zero-order valence-electron chi connectivity index (χ0n) is 42.5. The third kappa shape index (κ3) is 48.1. The van der Waals surface area contributed by atoms with Crippen molar-refractivity contribution in [3.8, 4) is 0 Å². The first-order valence-electron chi connectivity index (χ1n) is 26.7. The number of unbranched alkanes of at least 4 members (excludes halogenated alkanes) is 28. The molecule has 0 aliphatic carbocycles. The first kappa shape index (κ1) is 62.2. The molecule has 9 heteroatoms. The molecule has 0 rings (SSSR count). The van der Waals surface area contributed by atoms with Crippen molar-refractivity contribution in [2.75, 3.05) is 40.9 Å². The van der Waals surface area contributed by atoms with Gasteiger partial charge in [0.25, 0.3) is 7.82 Å². The lowest BCUT2D eigenvalue weighted by Crippen LogP contribution is -2.45. The summed E-state index contributed by atoms with van der Waals surface area (Å²) < 4.78 is 23.3. The highest BCUT2D eigenvalue weighted by molar-refractivity contribution is 7.45. The Morgan fingerprint density at radius 1 is 0.547 bits per heavy atom. The van der Waals surface area contributed by atoms with Crippen LogP contribution in [0.4, 0.5) is 0 Å². The number of aliphatic hydroxyl groups is 1. The van der Waals surface area contributed by atoms with E-state index in [4.69, 9.17) is 9.05 Å². The fourth-order valence-electron chi connectivity index (χ4n) is 7.47. The first-order valence-corrected chi connectivity index (χ1v) is 28.1. The van der Waals surface area contributed by atoms with Gasteiger partial charge in [-0.05, 0) is 70.6 Å².